The fourth-order valence-electron chi connectivity index (χ4n) is 2.81. The topological polar surface area (TPSA) is 154 Å². The number of carbonyl (C=O) groups excluding carboxylic acids is 1. The Labute approximate surface area is 143 Å². The summed E-state index contributed by atoms with van der Waals surface area (Å²) in [5, 5.41) is 12.2. The van der Waals surface area contributed by atoms with Gasteiger partial charge in [-0.25, -0.2) is 5.14 Å². The smallest absolute Gasteiger partial charge is 0.277 e. The molecule has 1 aliphatic heterocycles. The van der Waals surface area contributed by atoms with Gasteiger partial charge < -0.3 is 15.2 Å². The van der Waals surface area contributed by atoms with E-state index in [9.17, 15) is 13.2 Å². The van der Waals surface area contributed by atoms with Crippen LogP contribution in [0.15, 0.2) is 12.1 Å². The Morgan fingerprint density at radius 3 is 2.56 bits per heavy atom. The van der Waals surface area contributed by atoms with E-state index >= 15 is 0 Å². The predicted octanol–water partition coefficient (Wildman–Crippen LogP) is -0.288. The number of ether oxygens (including phenoxy) is 2. The Morgan fingerprint density at radius 1 is 1.28 bits per heavy atom. The largest absolute Gasteiger partial charge is 0.497 e. The van der Waals surface area contributed by atoms with Crippen molar-refractivity contribution in [3.05, 3.63) is 29.0 Å². The van der Waals surface area contributed by atoms with Crippen LogP contribution in [-0.2, 0) is 23.3 Å². The highest BCUT2D eigenvalue weighted by Crippen LogP contribution is 2.40. The summed E-state index contributed by atoms with van der Waals surface area (Å²) in [6.45, 7) is 0.110. The van der Waals surface area contributed by atoms with Crippen LogP contribution in [0.5, 0.6) is 11.5 Å². The Hall–Kier alpha value is -2.63. The van der Waals surface area contributed by atoms with Gasteiger partial charge in [0.2, 0.25) is 5.91 Å². The maximum atomic E-state index is 11.9. The molecule has 11 heteroatoms. The molecule has 2 aromatic rings. The summed E-state index contributed by atoms with van der Waals surface area (Å²) >= 11 is 0. The third-order valence-corrected chi connectivity index (χ3v) is 4.99. The number of nitrogens with one attached hydrogen (secondary N) is 1. The summed E-state index contributed by atoms with van der Waals surface area (Å²) in [5.74, 6) is 0.0366. The van der Waals surface area contributed by atoms with E-state index < -0.39 is 16.1 Å². The van der Waals surface area contributed by atoms with Gasteiger partial charge in [-0.1, -0.05) is 0 Å². The second kappa shape index (κ2) is 6.02. The highest BCUT2D eigenvalue weighted by molar-refractivity contribution is 7.86. The number of aromatic amines is 1. The lowest BCUT2D eigenvalue weighted by Crippen LogP contribution is -2.32. The van der Waals surface area contributed by atoms with Gasteiger partial charge in [0.05, 0.1) is 37.6 Å². The minimum absolute atomic E-state index is 0.0351. The highest BCUT2D eigenvalue weighted by atomic mass is 32.2. The minimum atomic E-state index is -3.85. The van der Waals surface area contributed by atoms with Crippen LogP contribution in [0.4, 0.5) is 0 Å². The molecular weight excluding hydrogens is 350 g/mol. The molecule has 10 nitrogen and oxygen atoms in total. The summed E-state index contributed by atoms with van der Waals surface area (Å²) in [7, 11) is -0.958. The number of H-pyrrole nitrogens is 1. The van der Waals surface area contributed by atoms with Crippen molar-refractivity contribution in [3.63, 3.8) is 0 Å². The van der Waals surface area contributed by atoms with Gasteiger partial charge in [-0.2, -0.15) is 17.8 Å². The normalized spacial score (nSPS) is 14.4. The lowest BCUT2D eigenvalue weighted by Gasteiger charge is -2.15. The molecular formula is C14H17N5O5S. The zero-order chi connectivity index (χ0) is 18.4. The molecule has 0 saturated carbocycles. The molecule has 2 heterocycles. The van der Waals surface area contributed by atoms with Crippen LogP contribution in [0.2, 0.25) is 0 Å². The third kappa shape index (κ3) is 2.92. The van der Waals surface area contributed by atoms with Crippen molar-refractivity contribution >= 4 is 16.1 Å². The highest BCUT2D eigenvalue weighted by Gasteiger charge is 2.33. The molecule has 1 aromatic heterocycles. The standard InChI is InChI=1S/C14H17N5O5S/c1-23-7-3-8(14(15)20)12(11(4-7)24-2)13-9-5-19(25(16,21)22)6-10(9)17-18-13/h3-4H,5-6H2,1-2H3,(H2,15,20)(H,17,18)(H2,16,21,22). The Bertz CT molecular complexity index is 953. The van der Waals surface area contributed by atoms with Crippen molar-refractivity contribution in [2.45, 2.75) is 13.1 Å². The molecule has 25 heavy (non-hydrogen) atoms. The Morgan fingerprint density at radius 2 is 2.00 bits per heavy atom. The van der Waals surface area contributed by atoms with Crippen molar-refractivity contribution in [2.75, 3.05) is 14.2 Å². The lowest BCUT2D eigenvalue weighted by molar-refractivity contribution is 0.1000. The fourth-order valence-corrected chi connectivity index (χ4v) is 3.42. The molecule has 5 N–H and O–H groups in total. The molecule has 1 amide bonds. The van der Waals surface area contributed by atoms with Crippen LogP contribution in [-0.4, -0.2) is 43.0 Å². The Kier molecular flexibility index (Phi) is 4.14. The van der Waals surface area contributed by atoms with Gasteiger partial charge in [0.25, 0.3) is 10.2 Å². The maximum Gasteiger partial charge on any atom is 0.277 e. The number of aromatic nitrogens is 2. The summed E-state index contributed by atoms with van der Waals surface area (Å²) in [6, 6.07) is 3.07. The average Bonchev–Trinajstić information content (AvgIpc) is 3.13. The number of benzene rings is 1. The number of nitrogens with two attached hydrogens (primary N) is 2. The van der Waals surface area contributed by atoms with E-state index in [1.807, 2.05) is 0 Å². The average molecular weight is 367 g/mol. The number of amides is 1. The SMILES string of the molecule is COc1cc(OC)c(-c2n[nH]c3c2CN(S(N)(=O)=O)C3)c(C(N)=O)c1. The summed E-state index contributed by atoms with van der Waals surface area (Å²) in [5.41, 5.74) is 7.60. The van der Waals surface area contributed by atoms with E-state index in [1.165, 1.54) is 20.3 Å². The molecule has 0 aliphatic carbocycles. The van der Waals surface area contributed by atoms with Crippen LogP contribution < -0.4 is 20.3 Å². The van der Waals surface area contributed by atoms with Crippen molar-refractivity contribution < 1.29 is 22.7 Å². The zero-order valence-electron chi connectivity index (χ0n) is 13.6. The predicted molar refractivity (Wildman–Crippen MR) is 88.0 cm³/mol. The van der Waals surface area contributed by atoms with E-state index in [0.29, 0.717) is 34.0 Å². The van der Waals surface area contributed by atoms with Gasteiger partial charge in [0, 0.05) is 18.2 Å². The van der Waals surface area contributed by atoms with Crippen LogP contribution >= 0.6 is 0 Å². The van der Waals surface area contributed by atoms with E-state index in [4.69, 9.17) is 20.3 Å². The number of carbonyl (C=O) groups is 1. The summed E-state index contributed by atoms with van der Waals surface area (Å²) in [6.07, 6.45) is 0. The van der Waals surface area contributed by atoms with E-state index in [2.05, 4.69) is 10.2 Å². The quantitative estimate of drug-likeness (QED) is 0.660. The van der Waals surface area contributed by atoms with Crippen molar-refractivity contribution in [1.29, 1.82) is 0 Å². The molecule has 0 saturated heterocycles. The maximum absolute atomic E-state index is 11.9. The van der Waals surface area contributed by atoms with Gasteiger partial charge in [0.15, 0.2) is 0 Å². The first-order chi connectivity index (χ1) is 11.8. The van der Waals surface area contributed by atoms with E-state index in [0.717, 1.165) is 4.31 Å². The monoisotopic (exact) mass is 367 g/mol. The van der Waals surface area contributed by atoms with Crippen molar-refractivity contribution in [2.24, 2.45) is 10.9 Å². The first-order valence-corrected chi connectivity index (χ1v) is 8.66. The summed E-state index contributed by atoms with van der Waals surface area (Å²) < 4.78 is 34.8. The number of hydrogen-bond donors (Lipinski definition) is 3. The zero-order valence-corrected chi connectivity index (χ0v) is 14.4. The van der Waals surface area contributed by atoms with Crippen molar-refractivity contribution in [3.8, 4) is 22.8 Å². The van der Waals surface area contributed by atoms with Crippen molar-refractivity contribution in [1.82, 2.24) is 14.5 Å². The molecule has 0 unspecified atom stereocenters. The molecule has 134 valence electrons. The van der Waals surface area contributed by atoms with Gasteiger partial charge in [-0.15, -0.1) is 0 Å². The number of nitrogens with zero attached hydrogens (tertiary/aromatic N) is 2. The van der Waals surface area contributed by atoms with Crippen LogP contribution in [0.1, 0.15) is 21.6 Å². The minimum Gasteiger partial charge on any atom is -0.497 e. The van der Waals surface area contributed by atoms with Crippen LogP contribution in [0.25, 0.3) is 11.3 Å². The number of methoxy groups -OCH3 is 2. The second-order valence-corrected chi connectivity index (χ2v) is 7.01. The van der Waals surface area contributed by atoms with Crippen LogP contribution in [0.3, 0.4) is 0 Å². The molecule has 1 aliphatic rings. The number of fused-ring (bicyclic) bond motifs is 1. The second-order valence-electron chi connectivity index (χ2n) is 5.46. The van der Waals surface area contributed by atoms with Crippen LogP contribution in [0, 0.1) is 0 Å². The Balaban J connectivity index is 2.18. The molecule has 0 spiro atoms. The molecule has 1 aromatic carbocycles. The number of primary amides is 1. The van der Waals surface area contributed by atoms with Gasteiger partial charge in [-0.05, 0) is 6.07 Å². The van der Waals surface area contributed by atoms with E-state index in [-0.39, 0.29) is 18.7 Å². The summed E-state index contributed by atoms with van der Waals surface area (Å²) in [4.78, 5) is 11.9. The number of rotatable bonds is 5. The van der Waals surface area contributed by atoms with Gasteiger partial charge >= 0.3 is 0 Å². The van der Waals surface area contributed by atoms with Gasteiger partial charge in [-0.3, -0.25) is 9.89 Å². The molecule has 0 bridgehead atoms. The first-order valence-electron chi connectivity index (χ1n) is 7.16. The van der Waals surface area contributed by atoms with Gasteiger partial charge in [0.1, 0.15) is 17.2 Å². The number of hydrogen-bond acceptors (Lipinski definition) is 6. The van der Waals surface area contributed by atoms with E-state index in [1.54, 1.807) is 6.07 Å². The molecule has 3 rings (SSSR count). The molecule has 0 radical (unpaired) electrons. The first kappa shape index (κ1) is 17.2. The lowest BCUT2D eigenvalue weighted by atomic mass is 9.99. The third-order valence-electron chi connectivity index (χ3n) is 4.02. The molecule has 0 atom stereocenters. The molecule has 0 fully saturated rings. The fraction of sp³-hybridized carbons (Fsp3) is 0.286.